The minimum absolute atomic E-state index is 0. The number of benzene rings is 1. The number of hydrogen-bond acceptors (Lipinski definition) is 4. The zero-order chi connectivity index (χ0) is 15.5. The third-order valence-corrected chi connectivity index (χ3v) is 4.81. The molecule has 128 valence electrons. The summed E-state index contributed by atoms with van der Waals surface area (Å²) in [5.41, 5.74) is 6.90. The smallest absolute Gasteiger partial charge is 0.230 e. The van der Waals surface area contributed by atoms with Crippen LogP contribution in [0.4, 0.5) is 0 Å². The predicted molar refractivity (Wildman–Crippen MR) is 91.1 cm³/mol. The molecule has 0 spiro atoms. The molecule has 2 aliphatic rings. The molecule has 0 aliphatic carbocycles. The number of halogens is 1. The third-order valence-electron chi connectivity index (χ3n) is 4.81. The van der Waals surface area contributed by atoms with Crippen LogP contribution < -0.4 is 10.5 Å². The lowest BCUT2D eigenvalue weighted by molar-refractivity contribution is -0.139. The van der Waals surface area contributed by atoms with Crippen LogP contribution in [0.15, 0.2) is 24.3 Å². The number of carbonyl (C=O) groups excluding carboxylic acids is 1. The van der Waals surface area contributed by atoms with E-state index >= 15 is 0 Å². The first-order valence-electron chi connectivity index (χ1n) is 7.99. The normalized spacial score (nSPS) is 26.7. The van der Waals surface area contributed by atoms with Gasteiger partial charge in [0.15, 0.2) is 0 Å². The Labute approximate surface area is 143 Å². The summed E-state index contributed by atoms with van der Waals surface area (Å²) in [4.78, 5) is 15.0. The molecule has 5 nitrogen and oxygen atoms in total. The van der Waals surface area contributed by atoms with Crippen LogP contribution >= 0.6 is 12.4 Å². The first-order valence-corrected chi connectivity index (χ1v) is 7.99. The van der Waals surface area contributed by atoms with Crippen LogP contribution in [0, 0.1) is 0 Å². The molecular weight excluding hydrogens is 316 g/mol. The second kappa shape index (κ2) is 7.99. The summed E-state index contributed by atoms with van der Waals surface area (Å²) in [5.74, 6) is 0.905. The van der Waals surface area contributed by atoms with Crippen molar-refractivity contribution in [3.8, 4) is 5.75 Å². The van der Waals surface area contributed by atoms with Crippen molar-refractivity contribution in [2.75, 3.05) is 26.8 Å². The van der Waals surface area contributed by atoms with Crippen molar-refractivity contribution in [3.05, 3.63) is 29.8 Å². The molecule has 3 unspecified atom stereocenters. The zero-order valence-electron chi connectivity index (χ0n) is 13.4. The van der Waals surface area contributed by atoms with E-state index in [9.17, 15) is 4.79 Å². The molecule has 0 saturated carbocycles. The zero-order valence-corrected chi connectivity index (χ0v) is 14.3. The van der Waals surface area contributed by atoms with Crippen LogP contribution in [-0.2, 0) is 9.53 Å². The highest BCUT2D eigenvalue weighted by Gasteiger charge is 2.36. The van der Waals surface area contributed by atoms with Crippen molar-refractivity contribution in [1.82, 2.24) is 4.90 Å². The van der Waals surface area contributed by atoms with Gasteiger partial charge in [-0.05, 0) is 25.3 Å². The average molecular weight is 341 g/mol. The molecule has 0 radical (unpaired) electrons. The Kier molecular flexibility index (Phi) is 6.27. The molecule has 1 saturated heterocycles. The Morgan fingerprint density at radius 2 is 2.17 bits per heavy atom. The van der Waals surface area contributed by atoms with Gasteiger partial charge < -0.3 is 20.1 Å². The summed E-state index contributed by atoms with van der Waals surface area (Å²) in [6.07, 6.45) is 2.64. The Bertz CT molecular complexity index is 540. The molecule has 1 aromatic carbocycles. The Balaban J connectivity index is 0.00000192. The summed E-state index contributed by atoms with van der Waals surface area (Å²) in [5, 5.41) is 0. The molecule has 2 aliphatic heterocycles. The van der Waals surface area contributed by atoms with Gasteiger partial charge >= 0.3 is 0 Å². The topological polar surface area (TPSA) is 64.8 Å². The molecule has 0 aromatic heterocycles. The highest BCUT2D eigenvalue weighted by Crippen LogP contribution is 2.35. The van der Waals surface area contributed by atoms with Crippen LogP contribution in [0.5, 0.6) is 5.75 Å². The van der Waals surface area contributed by atoms with E-state index < -0.39 is 0 Å². The third kappa shape index (κ3) is 3.62. The lowest BCUT2D eigenvalue weighted by atomic mass is 9.89. The van der Waals surface area contributed by atoms with Crippen molar-refractivity contribution in [2.45, 2.75) is 37.3 Å². The van der Waals surface area contributed by atoms with Crippen LogP contribution in [0.2, 0.25) is 0 Å². The highest BCUT2D eigenvalue weighted by atomic mass is 35.5. The SMILES string of the molecule is COC1CCN(C(=O)C2CCOc3ccccc32)C(CN)C1.Cl. The quantitative estimate of drug-likeness (QED) is 0.913. The number of methoxy groups -OCH3 is 1. The summed E-state index contributed by atoms with van der Waals surface area (Å²) in [6, 6.07) is 7.91. The fourth-order valence-corrected chi connectivity index (χ4v) is 3.54. The number of para-hydroxylation sites is 1. The maximum atomic E-state index is 13.1. The maximum absolute atomic E-state index is 13.1. The molecule has 3 atom stereocenters. The van der Waals surface area contributed by atoms with Crippen LogP contribution in [0.3, 0.4) is 0 Å². The summed E-state index contributed by atoms with van der Waals surface area (Å²) in [6.45, 7) is 1.80. The van der Waals surface area contributed by atoms with Gasteiger partial charge in [0.25, 0.3) is 0 Å². The molecule has 1 aromatic rings. The van der Waals surface area contributed by atoms with Crippen molar-refractivity contribution < 1.29 is 14.3 Å². The predicted octanol–water partition coefficient (Wildman–Crippen LogP) is 1.94. The minimum atomic E-state index is -0.113. The number of hydrogen-bond donors (Lipinski definition) is 1. The van der Waals surface area contributed by atoms with E-state index in [0.29, 0.717) is 13.2 Å². The standard InChI is InChI=1S/C17H24N2O3.ClH/c1-21-13-6-8-19(12(10-13)11-18)17(20)15-7-9-22-16-5-3-2-4-14(15)16;/h2-5,12-13,15H,6-11,18H2,1H3;1H. The summed E-state index contributed by atoms with van der Waals surface area (Å²) in [7, 11) is 1.73. The van der Waals surface area contributed by atoms with Gasteiger partial charge in [0.1, 0.15) is 5.75 Å². The van der Waals surface area contributed by atoms with E-state index in [2.05, 4.69) is 0 Å². The van der Waals surface area contributed by atoms with E-state index in [4.69, 9.17) is 15.2 Å². The molecule has 1 amide bonds. The molecule has 3 rings (SSSR count). The van der Waals surface area contributed by atoms with Gasteiger partial charge in [-0.1, -0.05) is 18.2 Å². The summed E-state index contributed by atoms with van der Waals surface area (Å²) >= 11 is 0. The Morgan fingerprint density at radius 1 is 1.39 bits per heavy atom. The second-order valence-electron chi connectivity index (χ2n) is 6.03. The van der Waals surface area contributed by atoms with Gasteiger partial charge in [-0.15, -0.1) is 12.4 Å². The summed E-state index contributed by atoms with van der Waals surface area (Å²) < 4.78 is 11.1. The van der Waals surface area contributed by atoms with Crippen LogP contribution in [0.1, 0.15) is 30.7 Å². The van der Waals surface area contributed by atoms with Crippen molar-refractivity contribution >= 4 is 18.3 Å². The largest absolute Gasteiger partial charge is 0.493 e. The number of amides is 1. The first kappa shape index (κ1) is 18.0. The number of fused-ring (bicyclic) bond motifs is 1. The number of carbonyl (C=O) groups is 1. The number of piperidine rings is 1. The number of nitrogens with two attached hydrogens (primary N) is 1. The van der Waals surface area contributed by atoms with Gasteiger partial charge in [0.05, 0.1) is 18.6 Å². The van der Waals surface area contributed by atoms with Gasteiger partial charge in [-0.25, -0.2) is 0 Å². The lowest BCUT2D eigenvalue weighted by Gasteiger charge is -2.41. The molecule has 2 heterocycles. The van der Waals surface area contributed by atoms with Gasteiger partial charge in [0.2, 0.25) is 5.91 Å². The van der Waals surface area contributed by atoms with E-state index in [-0.39, 0.29) is 36.4 Å². The van der Waals surface area contributed by atoms with E-state index in [1.807, 2.05) is 29.2 Å². The van der Waals surface area contributed by atoms with Crippen LogP contribution in [0.25, 0.3) is 0 Å². The number of ether oxygens (including phenoxy) is 2. The fourth-order valence-electron chi connectivity index (χ4n) is 3.54. The molecule has 6 heteroatoms. The van der Waals surface area contributed by atoms with Crippen molar-refractivity contribution in [2.24, 2.45) is 5.73 Å². The van der Waals surface area contributed by atoms with E-state index in [1.165, 1.54) is 0 Å². The monoisotopic (exact) mass is 340 g/mol. The number of likely N-dealkylation sites (tertiary alicyclic amines) is 1. The van der Waals surface area contributed by atoms with Gasteiger partial charge in [-0.3, -0.25) is 4.79 Å². The highest BCUT2D eigenvalue weighted by molar-refractivity contribution is 5.85. The number of nitrogens with zero attached hydrogens (tertiary/aromatic N) is 1. The first-order chi connectivity index (χ1) is 10.7. The van der Waals surface area contributed by atoms with E-state index in [0.717, 1.165) is 37.1 Å². The van der Waals surface area contributed by atoms with Crippen molar-refractivity contribution in [1.29, 1.82) is 0 Å². The Hall–Kier alpha value is -1.30. The molecule has 23 heavy (non-hydrogen) atoms. The lowest BCUT2D eigenvalue weighted by Crippen LogP contribution is -2.52. The van der Waals surface area contributed by atoms with E-state index in [1.54, 1.807) is 7.11 Å². The van der Waals surface area contributed by atoms with Gasteiger partial charge in [-0.2, -0.15) is 0 Å². The Morgan fingerprint density at radius 3 is 2.91 bits per heavy atom. The number of rotatable bonds is 3. The molecular formula is C17H25ClN2O3. The maximum Gasteiger partial charge on any atom is 0.230 e. The average Bonchev–Trinajstić information content (AvgIpc) is 2.60. The minimum Gasteiger partial charge on any atom is -0.493 e. The molecule has 1 fully saturated rings. The molecule has 2 N–H and O–H groups in total. The second-order valence-corrected chi connectivity index (χ2v) is 6.03. The van der Waals surface area contributed by atoms with Crippen molar-refractivity contribution in [3.63, 3.8) is 0 Å². The van der Waals surface area contributed by atoms with Crippen LogP contribution in [-0.4, -0.2) is 49.8 Å². The fraction of sp³-hybridized carbons (Fsp3) is 0.588. The molecule has 0 bridgehead atoms. The van der Waals surface area contributed by atoms with Gasteiger partial charge in [0, 0.05) is 31.8 Å².